The van der Waals surface area contributed by atoms with Gasteiger partial charge in [0, 0.05) is 22.9 Å². The van der Waals surface area contributed by atoms with Gasteiger partial charge in [-0.15, -0.1) is 11.3 Å². The van der Waals surface area contributed by atoms with Crippen LogP contribution in [0.25, 0.3) is 10.2 Å². The van der Waals surface area contributed by atoms with E-state index in [0.717, 1.165) is 39.9 Å². The highest BCUT2D eigenvalue weighted by molar-refractivity contribution is 7.20. The smallest absolute Gasteiger partial charge is 0.262 e. The fourth-order valence-electron chi connectivity index (χ4n) is 3.94. The summed E-state index contributed by atoms with van der Waals surface area (Å²) in [6.07, 6.45) is 2.43. The Balaban J connectivity index is 1.37. The lowest BCUT2D eigenvalue weighted by molar-refractivity contribution is -0.123. The average molecular weight is 493 g/mol. The van der Waals surface area contributed by atoms with Gasteiger partial charge in [-0.25, -0.2) is 0 Å². The van der Waals surface area contributed by atoms with Crippen molar-refractivity contribution in [3.63, 3.8) is 0 Å². The largest absolute Gasteiger partial charge is 0.352 e. The molecule has 6 nitrogen and oxygen atoms in total. The molecule has 0 saturated heterocycles. The number of benzene rings is 2. The van der Waals surface area contributed by atoms with E-state index in [1.54, 1.807) is 0 Å². The molecule has 34 heavy (non-hydrogen) atoms. The number of nitrogens with zero attached hydrogens (tertiary/aromatic N) is 2. The van der Waals surface area contributed by atoms with Crippen molar-refractivity contribution in [2.45, 2.75) is 44.8 Å². The minimum absolute atomic E-state index is 0.137. The van der Waals surface area contributed by atoms with Crippen LogP contribution in [0.1, 0.15) is 39.3 Å². The number of amides is 2. The van der Waals surface area contributed by atoms with Crippen molar-refractivity contribution < 1.29 is 9.59 Å². The van der Waals surface area contributed by atoms with Gasteiger partial charge < -0.3 is 10.6 Å². The number of carbonyl (C=O) groups is 2. The van der Waals surface area contributed by atoms with Crippen LogP contribution < -0.4 is 10.6 Å². The number of nitrogens with one attached hydrogen (secondary N) is 2. The van der Waals surface area contributed by atoms with E-state index < -0.39 is 6.04 Å². The lowest BCUT2D eigenvalue weighted by Crippen LogP contribution is -2.48. The van der Waals surface area contributed by atoms with Crippen LogP contribution in [0.4, 0.5) is 0 Å². The summed E-state index contributed by atoms with van der Waals surface area (Å²) in [5.41, 5.74) is 2.82. The maximum absolute atomic E-state index is 13.2. The number of aryl methyl sites for hydroxylation is 1. The van der Waals surface area contributed by atoms with Crippen molar-refractivity contribution in [3.8, 4) is 0 Å². The highest BCUT2D eigenvalue weighted by Crippen LogP contribution is 2.30. The number of halogens is 1. The van der Waals surface area contributed by atoms with Gasteiger partial charge in [0.25, 0.3) is 5.91 Å². The maximum atomic E-state index is 13.2. The van der Waals surface area contributed by atoms with Crippen molar-refractivity contribution in [3.05, 3.63) is 87.4 Å². The fraction of sp³-hybridized carbons (Fsp3) is 0.269. The number of hydrogen-bond donors (Lipinski definition) is 2. The third-order valence-corrected chi connectivity index (χ3v) is 7.45. The van der Waals surface area contributed by atoms with Crippen molar-refractivity contribution in [1.82, 2.24) is 20.4 Å². The highest BCUT2D eigenvalue weighted by Gasteiger charge is 2.29. The molecule has 1 atom stereocenters. The Bertz CT molecular complexity index is 1340. The maximum Gasteiger partial charge on any atom is 0.262 e. The Hall–Kier alpha value is -3.16. The monoisotopic (exact) mass is 492 g/mol. The molecule has 2 aromatic carbocycles. The van der Waals surface area contributed by atoms with E-state index in [1.807, 2.05) is 72.3 Å². The van der Waals surface area contributed by atoms with E-state index >= 15 is 0 Å². The summed E-state index contributed by atoms with van der Waals surface area (Å²) in [6.45, 7) is 2.45. The summed E-state index contributed by atoms with van der Waals surface area (Å²) in [5, 5.41) is 12.3. The Morgan fingerprint density at radius 3 is 2.62 bits per heavy atom. The molecule has 1 fully saturated rings. The molecule has 1 unspecified atom stereocenters. The molecule has 2 heterocycles. The van der Waals surface area contributed by atoms with E-state index in [-0.39, 0.29) is 17.9 Å². The number of rotatable bonds is 8. The molecule has 2 N–H and O–H groups in total. The molecule has 1 aliphatic carbocycles. The summed E-state index contributed by atoms with van der Waals surface area (Å²) in [5.74, 6) is -0.390. The zero-order chi connectivity index (χ0) is 23.7. The van der Waals surface area contributed by atoms with Gasteiger partial charge in [0.15, 0.2) is 0 Å². The second-order valence-corrected chi connectivity index (χ2v) is 10.1. The molecule has 2 amide bonds. The molecular weight excluding hydrogens is 468 g/mol. The Kier molecular flexibility index (Phi) is 6.39. The third kappa shape index (κ3) is 5.00. The average Bonchev–Trinajstić information content (AvgIpc) is 3.44. The van der Waals surface area contributed by atoms with Crippen LogP contribution in [0.3, 0.4) is 0 Å². The summed E-state index contributed by atoms with van der Waals surface area (Å²) in [4.78, 5) is 27.6. The predicted octanol–water partition coefficient (Wildman–Crippen LogP) is 4.73. The SMILES string of the molecule is Cc1nn(Cc2ccccc2Cl)c2sc(C(=O)NC(Cc3ccccc3)C(=O)NC3CC3)cc12. The zero-order valence-electron chi connectivity index (χ0n) is 18.8. The summed E-state index contributed by atoms with van der Waals surface area (Å²) >= 11 is 7.72. The first-order chi connectivity index (χ1) is 16.5. The van der Waals surface area contributed by atoms with E-state index in [0.29, 0.717) is 22.9 Å². The molecule has 0 spiro atoms. The summed E-state index contributed by atoms with van der Waals surface area (Å²) in [7, 11) is 0. The molecule has 0 radical (unpaired) electrons. The minimum Gasteiger partial charge on any atom is -0.352 e. The van der Waals surface area contributed by atoms with Gasteiger partial charge in [-0.3, -0.25) is 14.3 Å². The second-order valence-electron chi connectivity index (χ2n) is 8.66. The van der Waals surface area contributed by atoms with Crippen LogP contribution in [-0.2, 0) is 17.8 Å². The van der Waals surface area contributed by atoms with Crippen molar-refractivity contribution >= 4 is 45.0 Å². The van der Waals surface area contributed by atoms with Crippen LogP contribution >= 0.6 is 22.9 Å². The molecule has 0 aliphatic heterocycles. The van der Waals surface area contributed by atoms with E-state index in [9.17, 15) is 9.59 Å². The van der Waals surface area contributed by atoms with Gasteiger partial charge in [-0.1, -0.05) is 60.1 Å². The molecule has 1 saturated carbocycles. The molecule has 0 bridgehead atoms. The molecule has 2 aromatic heterocycles. The zero-order valence-corrected chi connectivity index (χ0v) is 20.3. The minimum atomic E-state index is -0.638. The molecular formula is C26H25ClN4O2S. The Labute approximate surface area is 206 Å². The Morgan fingerprint density at radius 1 is 1.15 bits per heavy atom. The van der Waals surface area contributed by atoms with Gasteiger partial charge in [0.2, 0.25) is 5.91 Å². The highest BCUT2D eigenvalue weighted by atomic mass is 35.5. The van der Waals surface area contributed by atoms with Crippen molar-refractivity contribution in [2.75, 3.05) is 0 Å². The molecule has 5 rings (SSSR count). The number of thiophene rings is 1. The van der Waals surface area contributed by atoms with Crippen LogP contribution in [0.2, 0.25) is 5.02 Å². The lowest BCUT2D eigenvalue weighted by Gasteiger charge is -2.18. The topological polar surface area (TPSA) is 76.0 Å². The number of carbonyl (C=O) groups excluding carboxylic acids is 2. The van der Waals surface area contributed by atoms with Crippen LogP contribution in [0.5, 0.6) is 0 Å². The lowest BCUT2D eigenvalue weighted by atomic mass is 10.1. The van der Waals surface area contributed by atoms with E-state index in [4.69, 9.17) is 11.6 Å². The third-order valence-electron chi connectivity index (χ3n) is 5.94. The number of aromatic nitrogens is 2. The van der Waals surface area contributed by atoms with Gasteiger partial charge >= 0.3 is 0 Å². The number of fused-ring (bicyclic) bond motifs is 1. The summed E-state index contributed by atoms with van der Waals surface area (Å²) in [6, 6.07) is 18.9. The number of hydrogen-bond acceptors (Lipinski definition) is 4. The van der Waals surface area contributed by atoms with Crippen molar-refractivity contribution in [1.29, 1.82) is 0 Å². The van der Waals surface area contributed by atoms with Gasteiger partial charge in [-0.2, -0.15) is 5.10 Å². The fourth-order valence-corrected chi connectivity index (χ4v) is 5.20. The van der Waals surface area contributed by atoms with E-state index in [1.165, 1.54) is 11.3 Å². The quantitative estimate of drug-likeness (QED) is 0.373. The van der Waals surface area contributed by atoms with Gasteiger partial charge in [-0.05, 0) is 43.0 Å². The molecule has 4 aromatic rings. The molecule has 1 aliphatic rings. The first kappa shape index (κ1) is 22.6. The Morgan fingerprint density at radius 2 is 1.88 bits per heavy atom. The van der Waals surface area contributed by atoms with Crippen LogP contribution in [0, 0.1) is 6.92 Å². The first-order valence-electron chi connectivity index (χ1n) is 11.3. The first-order valence-corrected chi connectivity index (χ1v) is 12.5. The molecule has 8 heteroatoms. The molecule has 174 valence electrons. The van der Waals surface area contributed by atoms with Crippen LogP contribution in [-0.4, -0.2) is 33.7 Å². The predicted molar refractivity (Wildman–Crippen MR) is 135 cm³/mol. The van der Waals surface area contributed by atoms with Crippen LogP contribution in [0.15, 0.2) is 60.7 Å². The normalized spacial score (nSPS) is 14.2. The van der Waals surface area contributed by atoms with Gasteiger partial charge in [0.1, 0.15) is 10.9 Å². The standard InChI is InChI=1S/C26H25ClN4O2S/c1-16-20-14-23(34-26(20)31(30-16)15-18-9-5-6-10-21(18)27)25(33)29-22(24(32)28-19-11-12-19)13-17-7-3-2-4-8-17/h2-10,14,19,22H,11-13,15H2,1H3,(H,28,32)(H,29,33). The summed E-state index contributed by atoms with van der Waals surface area (Å²) < 4.78 is 1.88. The van der Waals surface area contributed by atoms with Crippen molar-refractivity contribution in [2.24, 2.45) is 0 Å². The van der Waals surface area contributed by atoms with E-state index in [2.05, 4.69) is 15.7 Å². The van der Waals surface area contributed by atoms with Gasteiger partial charge in [0.05, 0.1) is 17.1 Å². The second kappa shape index (κ2) is 9.60.